The van der Waals surface area contributed by atoms with Crippen molar-refractivity contribution in [2.75, 3.05) is 26.6 Å². The molecule has 0 aliphatic carbocycles. The largest absolute Gasteiger partial charge is 0.493 e. The summed E-state index contributed by atoms with van der Waals surface area (Å²) in [5, 5.41) is 11.8. The Kier molecular flexibility index (Phi) is 5.67. The van der Waals surface area contributed by atoms with E-state index < -0.39 is 17.7 Å². The molecule has 1 aromatic carbocycles. The average molecular weight is 327 g/mol. The number of aromatic carboxylic acids is 1. The van der Waals surface area contributed by atoms with Gasteiger partial charge in [-0.1, -0.05) is 0 Å². The van der Waals surface area contributed by atoms with E-state index in [1.54, 1.807) is 20.8 Å². The number of methoxy groups -OCH3 is 3. The predicted octanol–water partition coefficient (Wildman–Crippen LogP) is 2.76. The molecule has 0 bridgehead atoms. The van der Waals surface area contributed by atoms with Crippen molar-refractivity contribution in [2.24, 2.45) is 0 Å². The van der Waals surface area contributed by atoms with Gasteiger partial charge in [0.2, 0.25) is 5.75 Å². The van der Waals surface area contributed by atoms with Crippen molar-refractivity contribution < 1.29 is 33.6 Å². The van der Waals surface area contributed by atoms with Crippen molar-refractivity contribution in [1.82, 2.24) is 0 Å². The number of carboxylic acids is 1. The summed E-state index contributed by atoms with van der Waals surface area (Å²) in [4.78, 5) is 23.5. The van der Waals surface area contributed by atoms with Crippen molar-refractivity contribution in [1.29, 1.82) is 0 Å². The topological polar surface area (TPSA) is 103 Å². The van der Waals surface area contributed by atoms with Crippen LogP contribution in [0.4, 0.5) is 10.5 Å². The third kappa shape index (κ3) is 4.41. The number of benzene rings is 1. The Morgan fingerprint density at radius 1 is 1.04 bits per heavy atom. The van der Waals surface area contributed by atoms with Crippen LogP contribution in [0.15, 0.2) is 6.07 Å². The first kappa shape index (κ1) is 18.4. The van der Waals surface area contributed by atoms with Crippen LogP contribution in [0.3, 0.4) is 0 Å². The van der Waals surface area contributed by atoms with E-state index in [1.165, 1.54) is 27.4 Å². The summed E-state index contributed by atoms with van der Waals surface area (Å²) < 4.78 is 20.6. The molecular formula is C15H21NO7. The van der Waals surface area contributed by atoms with Crippen molar-refractivity contribution in [3.8, 4) is 17.2 Å². The Hall–Kier alpha value is -2.64. The molecule has 1 rings (SSSR count). The van der Waals surface area contributed by atoms with Gasteiger partial charge in [0, 0.05) is 6.07 Å². The molecule has 0 aliphatic rings. The summed E-state index contributed by atoms with van der Waals surface area (Å²) in [5.74, 6) is -0.923. The molecule has 0 atom stereocenters. The lowest BCUT2D eigenvalue weighted by atomic mass is 10.1. The minimum Gasteiger partial charge on any atom is -0.493 e. The van der Waals surface area contributed by atoms with Crippen LogP contribution in [-0.4, -0.2) is 44.1 Å². The Morgan fingerprint density at radius 3 is 2.00 bits per heavy atom. The fourth-order valence-electron chi connectivity index (χ4n) is 1.85. The van der Waals surface area contributed by atoms with Gasteiger partial charge in [-0.25, -0.2) is 9.59 Å². The van der Waals surface area contributed by atoms with Gasteiger partial charge in [-0.15, -0.1) is 0 Å². The Bertz CT molecular complexity index is 605. The van der Waals surface area contributed by atoms with Crippen LogP contribution in [0, 0.1) is 0 Å². The average Bonchev–Trinajstić information content (AvgIpc) is 2.43. The van der Waals surface area contributed by atoms with Gasteiger partial charge >= 0.3 is 12.1 Å². The first-order valence-electron chi connectivity index (χ1n) is 6.70. The minimum atomic E-state index is -1.27. The van der Waals surface area contributed by atoms with Crippen molar-refractivity contribution >= 4 is 17.7 Å². The predicted molar refractivity (Wildman–Crippen MR) is 82.9 cm³/mol. The Labute approximate surface area is 134 Å². The first-order chi connectivity index (χ1) is 10.6. The molecule has 23 heavy (non-hydrogen) atoms. The van der Waals surface area contributed by atoms with E-state index in [2.05, 4.69) is 5.32 Å². The molecule has 0 unspecified atom stereocenters. The molecule has 8 heteroatoms. The van der Waals surface area contributed by atoms with Crippen LogP contribution in [0.2, 0.25) is 0 Å². The molecule has 0 aromatic heterocycles. The van der Waals surface area contributed by atoms with Crippen LogP contribution in [-0.2, 0) is 4.74 Å². The summed E-state index contributed by atoms with van der Waals surface area (Å²) in [5.41, 5.74) is -1.03. The molecule has 0 aliphatic heterocycles. The SMILES string of the molecule is COc1cc(C(=O)O)c(NC(=O)OC(C)(C)C)c(OC)c1OC. The summed E-state index contributed by atoms with van der Waals surface area (Å²) in [6.45, 7) is 5.07. The Morgan fingerprint density at radius 2 is 1.61 bits per heavy atom. The van der Waals surface area contributed by atoms with Crippen molar-refractivity contribution in [2.45, 2.75) is 26.4 Å². The zero-order valence-electron chi connectivity index (χ0n) is 14.0. The number of rotatable bonds is 5. The van der Waals surface area contributed by atoms with E-state index in [4.69, 9.17) is 18.9 Å². The first-order valence-corrected chi connectivity index (χ1v) is 6.70. The molecule has 0 saturated carbocycles. The third-order valence-corrected chi connectivity index (χ3v) is 2.69. The maximum absolute atomic E-state index is 12.0. The van der Waals surface area contributed by atoms with Crippen LogP contribution < -0.4 is 19.5 Å². The molecule has 0 saturated heterocycles. The number of carbonyl (C=O) groups excluding carboxylic acids is 1. The van der Waals surface area contributed by atoms with Gasteiger partial charge in [0.05, 0.1) is 26.9 Å². The van der Waals surface area contributed by atoms with E-state index in [-0.39, 0.29) is 28.5 Å². The van der Waals surface area contributed by atoms with Crippen molar-refractivity contribution in [3.63, 3.8) is 0 Å². The standard InChI is InChI=1S/C15H21NO7/c1-15(2,3)23-14(19)16-10-8(13(17)18)7-9(20-4)11(21-5)12(10)22-6/h7H,1-6H3,(H,16,19)(H,17,18). The molecular weight excluding hydrogens is 306 g/mol. The zero-order valence-corrected chi connectivity index (χ0v) is 14.0. The molecule has 1 amide bonds. The number of carbonyl (C=O) groups is 2. The number of anilines is 1. The lowest BCUT2D eigenvalue weighted by molar-refractivity contribution is 0.0635. The fourth-order valence-corrected chi connectivity index (χ4v) is 1.85. The summed E-state index contributed by atoms with van der Waals surface area (Å²) in [6, 6.07) is 1.23. The smallest absolute Gasteiger partial charge is 0.412 e. The monoisotopic (exact) mass is 327 g/mol. The molecule has 1 aromatic rings. The van der Waals surface area contributed by atoms with Gasteiger partial charge < -0.3 is 24.1 Å². The highest BCUT2D eigenvalue weighted by Gasteiger charge is 2.27. The van der Waals surface area contributed by atoms with Crippen LogP contribution in [0.5, 0.6) is 17.2 Å². The van der Waals surface area contributed by atoms with Gasteiger partial charge in [0.25, 0.3) is 0 Å². The maximum Gasteiger partial charge on any atom is 0.412 e. The second-order valence-corrected chi connectivity index (χ2v) is 5.50. The second-order valence-electron chi connectivity index (χ2n) is 5.50. The molecule has 2 N–H and O–H groups in total. The van der Waals surface area contributed by atoms with E-state index in [0.29, 0.717) is 0 Å². The second kappa shape index (κ2) is 7.08. The van der Waals surface area contributed by atoms with Gasteiger partial charge in [-0.05, 0) is 20.8 Å². The van der Waals surface area contributed by atoms with Crippen LogP contribution in [0.1, 0.15) is 31.1 Å². The number of ether oxygens (including phenoxy) is 4. The lowest BCUT2D eigenvalue weighted by Gasteiger charge is -2.22. The summed E-state index contributed by atoms with van der Waals surface area (Å²) in [7, 11) is 4.06. The van der Waals surface area contributed by atoms with E-state index >= 15 is 0 Å². The number of nitrogens with one attached hydrogen (secondary N) is 1. The van der Waals surface area contributed by atoms with Gasteiger partial charge in [-0.2, -0.15) is 0 Å². The summed E-state index contributed by atoms with van der Waals surface area (Å²) in [6.07, 6.45) is -0.814. The van der Waals surface area contributed by atoms with E-state index in [9.17, 15) is 14.7 Å². The normalized spacial score (nSPS) is 10.7. The summed E-state index contributed by atoms with van der Waals surface area (Å²) >= 11 is 0. The van der Waals surface area contributed by atoms with E-state index in [1.807, 2.05) is 0 Å². The lowest BCUT2D eigenvalue weighted by Crippen LogP contribution is -2.28. The third-order valence-electron chi connectivity index (χ3n) is 2.69. The Balaban J connectivity index is 3.43. The van der Waals surface area contributed by atoms with Crippen LogP contribution >= 0.6 is 0 Å². The highest BCUT2D eigenvalue weighted by Crippen LogP contribution is 2.45. The highest BCUT2D eigenvalue weighted by atomic mass is 16.6. The van der Waals surface area contributed by atoms with Crippen molar-refractivity contribution in [3.05, 3.63) is 11.6 Å². The number of hydrogen-bond acceptors (Lipinski definition) is 6. The van der Waals surface area contributed by atoms with Gasteiger partial charge in [-0.3, -0.25) is 5.32 Å². The molecule has 0 radical (unpaired) electrons. The highest BCUT2D eigenvalue weighted by molar-refractivity contribution is 6.02. The minimum absolute atomic E-state index is 0.0232. The molecule has 0 heterocycles. The zero-order chi connectivity index (χ0) is 17.8. The quantitative estimate of drug-likeness (QED) is 0.857. The number of carboxylic acid groups (broad SMARTS) is 1. The van der Waals surface area contributed by atoms with E-state index in [0.717, 1.165) is 0 Å². The molecule has 128 valence electrons. The number of amides is 1. The van der Waals surface area contributed by atoms with Crippen LogP contribution in [0.25, 0.3) is 0 Å². The van der Waals surface area contributed by atoms with Gasteiger partial charge in [0.15, 0.2) is 11.5 Å². The van der Waals surface area contributed by atoms with Gasteiger partial charge in [0.1, 0.15) is 11.3 Å². The molecule has 8 nitrogen and oxygen atoms in total. The maximum atomic E-state index is 12.0. The fraction of sp³-hybridized carbons (Fsp3) is 0.467. The molecule has 0 fully saturated rings. The number of hydrogen-bond donors (Lipinski definition) is 2. The molecule has 0 spiro atoms.